The normalized spacial score (nSPS) is 10.8. The van der Waals surface area contributed by atoms with Gasteiger partial charge in [-0.05, 0) is 29.2 Å². The molecule has 0 unspecified atom stereocenters. The zero-order valence-corrected chi connectivity index (χ0v) is 13.1. The maximum Gasteiger partial charge on any atom is 0.142 e. The minimum atomic E-state index is 0.421. The summed E-state index contributed by atoms with van der Waals surface area (Å²) in [4.78, 5) is 5.45. The fourth-order valence-electron chi connectivity index (χ4n) is 2.43. The number of nitrogens with zero attached hydrogens (tertiary/aromatic N) is 1. The van der Waals surface area contributed by atoms with E-state index in [1.54, 1.807) is 0 Å². The molecule has 0 atom stereocenters. The molecule has 0 aromatic heterocycles. The molecular formula is C21H18NO. The molecule has 0 spiro atoms. The van der Waals surface area contributed by atoms with Gasteiger partial charge in [0, 0.05) is 5.56 Å². The van der Waals surface area contributed by atoms with Gasteiger partial charge in [-0.25, -0.2) is 0 Å². The SMILES string of the molecule is Cc1ccccc1/[C]=N/OCc1ccccc1-c1ccccc1. The van der Waals surface area contributed by atoms with Crippen LogP contribution >= 0.6 is 0 Å². The molecule has 0 aliphatic carbocycles. The fraction of sp³-hybridized carbons (Fsp3) is 0.0952. The van der Waals surface area contributed by atoms with Crippen molar-refractivity contribution < 1.29 is 4.84 Å². The van der Waals surface area contributed by atoms with Gasteiger partial charge in [-0.2, -0.15) is 0 Å². The van der Waals surface area contributed by atoms with Gasteiger partial charge in [-0.3, -0.25) is 0 Å². The predicted octanol–water partition coefficient (Wildman–Crippen LogP) is 5.09. The summed E-state index contributed by atoms with van der Waals surface area (Å²) in [6.45, 7) is 2.45. The highest BCUT2D eigenvalue weighted by Gasteiger charge is 2.04. The Balaban J connectivity index is 1.71. The largest absolute Gasteiger partial charge is 0.390 e. The molecule has 0 N–H and O–H groups in total. The first kappa shape index (κ1) is 15.0. The molecule has 2 heteroatoms. The maximum absolute atomic E-state index is 5.45. The van der Waals surface area contributed by atoms with E-state index in [1.165, 1.54) is 11.1 Å². The Bertz CT molecular complexity index is 794. The van der Waals surface area contributed by atoms with Crippen molar-refractivity contribution in [2.24, 2.45) is 5.16 Å². The van der Waals surface area contributed by atoms with Gasteiger partial charge in [0.05, 0.1) is 0 Å². The molecule has 0 bridgehead atoms. The summed E-state index contributed by atoms with van der Waals surface area (Å²) < 4.78 is 0. The van der Waals surface area contributed by atoms with E-state index in [1.807, 2.05) is 61.5 Å². The smallest absolute Gasteiger partial charge is 0.142 e. The lowest BCUT2D eigenvalue weighted by Crippen LogP contribution is -1.93. The summed E-state index contributed by atoms with van der Waals surface area (Å²) in [5.74, 6) is 0. The van der Waals surface area contributed by atoms with Crippen LogP contribution in [0.1, 0.15) is 16.7 Å². The number of rotatable bonds is 5. The first-order valence-electron chi connectivity index (χ1n) is 7.61. The van der Waals surface area contributed by atoms with Crippen LogP contribution in [-0.4, -0.2) is 6.21 Å². The molecule has 0 fully saturated rings. The summed E-state index contributed by atoms with van der Waals surface area (Å²) in [5.41, 5.74) is 5.53. The van der Waals surface area contributed by atoms with E-state index in [0.717, 1.165) is 16.7 Å². The molecule has 3 rings (SSSR count). The molecular weight excluding hydrogens is 282 g/mol. The highest BCUT2D eigenvalue weighted by atomic mass is 16.6. The lowest BCUT2D eigenvalue weighted by Gasteiger charge is -2.08. The number of hydrogen-bond donors (Lipinski definition) is 0. The summed E-state index contributed by atoms with van der Waals surface area (Å²) in [6, 6.07) is 26.5. The summed E-state index contributed by atoms with van der Waals surface area (Å²) in [5, 5.41) is 3.98. The van der Waals surface area contributed by atoms with E-state index in [2.05, 4.69) is 35.6 Å². The average Bonchev–Trinajstić information content (AvgIpc) is 2.61. The number of hydrogen-bond acceptors (Lipinski definition) is 2. The van der Waals surface area contributed by atoms with E-state index >= 15 is 0 Å². The van der Waals surface area contributed by atoms with Crippen LogP contribution in [0.4, 0.5) is 0 Å². The molecule has 3 aromatic carbocycles. The Hall–Kier alpha value is -2.87. The molecule has 0 amide bonds. The second kappa shape index (κ2) is 7.41. The molecule has 2 nitrogen and oxygen atoms in total. The summed E-state index contributed by atoms with van der Waals surface area (Å²) >= 11 is 0. The van der Waals surface area contributed by atoms with Crippen molar-refractivity contribution in [1.82, 2.24) is 0 Å². The van der Waals surface area contributed by atoms with Crippen molar-refractivity contribution in [3.63, 3.8) is 0 Å². The molecule has 113 valence electrons. The zero-order valence-electron chi connectivity index (χ0n) is 13.1. The van der Waals surface area contributed by atoms with Crippen LogP contribution in [0.3, 0.4) is 0 Å². The highest BCUT2D eigenvalue weighted by Crippen LogP contribution is 2.23. The van der Waals surface area contributed by atoms with Crippen LogP contribution in [0.5, 0.6) is 0 Å². The van der Waals surface area contributed by atoms with Crippen molar-refractivity contribution in [3.05, 3.63) is 95.6 Å². The second-order valence-corrected chi connectivity index (χ2v) is 5.31. The van der Waals surface area contributed by atoms with Gasteiger partial charge in [0.25, 0.3) is 0 Å². The third-order valence-corrected chi connectivity index (χ3v) is 3.70. The minimum absolute atomic E-state index is 0.421. The second-order valence-electron chi connectivity index (χ2n) is 5.31. The van der Waals surface area contributed by atoms with Gasteiger partial charge in [-0.1, -0.05) is 84.0 Å². The molecule has 3 aromatic rings. The van der Waals surface area contributed by atoms with Crippen molar-refractivity contribution in [1.29, 1.82) is 0 Å². The molecule has 0 heterocycles. The Morgan fingerprint density at radius 3 is 2.35 bits per heavy atom. The first-order chi connectivity index (χ1) is 11.3. The molecule has 0 aliphatic rings. The Morgan fingerprint density at radius 2 is 1.52 bits per heavy atom. The maximum atomic E-state index is 5.45. The van der Waals surface area contributed by atoms with Crippen molar-refractivity contribution in [2.75, 3.05) is 0 Å². The standard InChI is InChI=1S/C21H18NO/c1-17-9-5-6-12-19(17)15-22-23-16-20-13-7-8-14-21(20)18-10-3-2-4-11-18/h2-14H,16H2,1H3. The lowest BCUT2D eigenvalue weighted by atomic mass is 10.0. The van der Waals surface area contributed by atoms with Crippen LogP contribution in [0, 0.1) is 6.92 Å². The number of aryl methyl sites for hydroxylation is 1. The van der Waals surface area contributed by atoms with Crippen molar-refractivity contribution >= 4 is 6.21 Å². The fourth-order valence-corrected chi connectivity index (χ4v) is 2.43. The quantitative estimate of drug-likeness (QED) is 0.475. The molecule has 1 radical (unpaired) electrons. The summed E-state index contributed by atoms with van der Waals surface area (Å²) in [6.07, 6.45) is 2.95. The van der Waals surface area contributed by atoms with E-state index in [4.69, 9.17) is 4.84 Å². The van der Waals surface area contributed by atoms with Crippen molar-refractivity contribution in [3.8, 4) is 11.1 Å². The van der Waals surface area contributed by atoms with E-state index in [-0.39, 0.29) is 0 Å². The molecule has 0 aliphatic heterocycles. The zero-order chi connectivity index (χ0) is 15.9. The Kier molecular flexibility index (Phi) is 4.85. The van der Waals surface area contributed by atoms with E-state index in [0.29, 0.717) is 6.61 Å². The van der Waals surface area contributed by atoms with Crippen LogP contribution < -0.4 is 0 Å². The third kappa shape index (κ3) is 3.86. The number of benzene rings is 3. The van der Waals surface area contributed by atoms with Gasteiger partial charge < -0.3 is 4.84 Å². The first-order valence-corrected chi connectivity index (χ1v) is 7.61. The van der Waals surface area contributed by atoms with E-state index < -0.39 is 0 Å². The minimum Gasteiger partial charge on any atom is -0.390 e. The average molecular weight is 300 g/mol. The third-order valence-electron chi connectivity index (χ3n) is 3.70. The predicted molar refractivity (Wildman–Crippen MR) is 94.4 cm³/mol. The van der Waals surface area contributed by atoms with Gasteiger partial charge in [0.15, 0.2) is 0 Å². The molecule has 0 saturated carbocycles. The molecule has 0 saturated heterocycles. The van der Waals surface area contributed by atoms with Gasteiger partial charge in [0.1, 0.15) is 12.8 Å². The highest BCUT2D eigenvalue weighted by molar-refractivity contribution is 5.81. The van der Waals surface area contributed by atoms with Crippen molar-refractivity contribution in [2.45, 2.75) is 13.5 Å². The van der Waals surface area contributed by atoms with Gasteiger partial charge in [0.2, 0.25) is 0 Å². The van der Waals surface area contributed by atoms with Crippen LogP contribution in [0.15, 0.2) is 84.0 Å². The Labute approximate surface area is 137 Å². The lowest BCUT2D eigenvalue weighted by molar-refractivity contribution is 0.132. The summed E-state index contributed by atoms with van der Waals surface area (Å²) in [7, 11) is 0. The van der Waals surface area contributed by atoms with Gasteiger partial charge >= 0.3 is 0 Å². The van der Waals surface area contributed by atoms with Crippen LogP contribution in [0.2, 0.25) is 0 Å². The van der Waals surface area contributed by atoms with Crippen LogP contribution in [-0.2, 0) is 11.4 Å². The van der Waals surface area contributed by atoms with Crippen LogP contribution in [0.25, 0.3) is 11.1 Å². The van der Waals surface area contributed by atoms with E-state index in [9.17, 15) is 0 Å². The molecule has 23 heavy (non-hydrogen) atoms. The monoisotopic (exact) mass is 300 g/mol. The van der Waals surface area contributed by atoms with Gasteiger partial charge in [-0.15, -0.1) is 0 Å². The topological polar surface area (TPSA) is 21.6 Å². The Morgan fingerprint density at radius 1 is 0.826 bits per heavy atom.